The highest BCUT2D eigenvalue weighted by atomic mass is 32.2. The summed E-state index contributed by atoms with van der Waals surface area (Å²) in [6.07, 6.45) is 4.43. The van der Waals surface area contributed by atoms with Crippen molar-refractivity contribution in [1.29, 1.82) is 0 Å². The van der Waals surface area contributed by atoms with Gasteiger partial charge in [-0.1, -0.05) is 6.42 Å². The van der Waals surface area contributed by atoms with E-state index in [4.69, 9.17) is 13.0 Å². The van der Waals surface area contributed by atoms with Crippen molar-refractivity contribution in [2.75, 3.05) is 13.3 Å². The molecule has 18 heavy (non-hydrogen) atoms. The zero-order valence-electron chi connectivity index (χ0n) is 10.1. The average Bonchev–Trinajstić information content (AvgIpc) is 2.15. The van der Waals surface area contributed by atoms with Crippen LogP contribution in [0.4, 0.5) is 13.2 Å². The van der Waals surface area contributed by atoms with Crippen molar-refractivity contribution < 1.29 is 30.9 Å². The molecule has 0 bridgehead atoms. The minimum absolute atomic E-state index is 0.00752. The zero-order chi connectivity index (χ0) is 14.6. The van der Waals surface area contributed by atoms with Gasteiger partial charge in [0.15, 0.2) is 0 Å². The maximum absolute atomic E-state index is 11.3. The van der Waals surface area contributed by atoms with Crippen LogP contribution in [0.2, 0.25) is 0 Å². The van der Waals surface area contributed by atoms with Gasteiger partial charge < -0.3 is 0 Å². The van der Waals surface area contributed by atoms with Crippen molar-refractivity contribution in [3.8, 4) is 0 Å². The molecular weight excluding hydrogens is 292 g/mol. The maximum atomic E-state index is 11.3. The highest BCUT2D eigenvalue weighted by Gasteiger charge is 2.44. The number of carbonyl (C=O) groups is 1. The van der Waals surface area contributed by atoms with Gasteiger partial charge >= 0.3 is 15.6 Å². The Morgan fingerprint density at radius 1 is 1.28 bits per heavy atom. The van der Waals surface area contributed by atoms with E-state index in [1.54, 1.807) is 0 Å². The van der Waals surface area contributed by atoms with Crippen molar-refractivity contribution in [2.24, 2.45) is 0 Å². The highest BCUT2D eigenvalue weighted by Crippen LogP contribution is 2.39. The van der Waals surface area contributed by atoms with Gasteiger partial charge in [0, 0.05) is 12.1 Å². The Morgan fingerprint density at radius 2 is 1.72 bits per heavy atom. The first-order valence-corrected chi connectivity index (χ1v) is 8.94. The third kappa shape index (κ3) is 6.11. The largest absolute Gasteiger partial charge is 0.522 e. The molecule has 1 fully saturated rings. The third-order valence-electron chi connectivity index (χ3n) is 2.44. The predicted molar refractivity (Wildman–Crippen MR) is 63.6 cm³/mol. The number of hydrogen-bond donors (Lipinski definition) is 1. The summed E-state index contributed by atoms with van der Waals surface area (Å²) in [5.41, 5.74) is -5.09. The molecule has 0 heterocycles. The van der Waals surface area contributed by atoms with Crippen LogP contribution in [-0.4, -0.2) is 43.3 Å². The Kier molecular flexibility index (Phi) is 6.74. The van der Waals surface area contributed by atoms with Gasteiger partial charge in [0.05, 0.1) is 0 Å². The second-order valence-electron chi connectivity index (χ2n) is 4.11. The molecular formula is C9H16F3O4PS. The quantitative estimate of drug-likeness (QED) is 0.459. The standard InChI is InChI=1S/C8H15OP.CHF3O3S/c1-10(2)8-6-4-3-5-7(8)9;2-1(3,4)8(5,6)7/h8H,3-6H2,1-2H3;(H,5,6,7). The molecule has 0 aromatic carbocycles. The van der Waals surface area contributed by atoms with Crippen LogP contribution in [0.5, 0.6) is 0 Å². The number of alkyl halides is 3. The van der Waals surface area contributed by atoms with Gasteiger partial charge in [-0.15, -0.1) is 7.92 Å². The number of ketones is 1. The topological polar surface area (TPSA) is 71.4 Å². The molecule has 1 aliphatic rings. The summed E-state index contributed by atoms with van der Waals surface area (Å²) < 4.78 is 57.5. The van der Waals surface area contributed by atoms with E-state index in [0.29, 0.717) is 11.4 Å². The lowest BCUT2D eigenvalue weighted by molar-refractivity contribution is -0.119. The fourth-order valence-corrected chi connectivity index (χ4v) is 2.91. The van der Waals surface area contributed by atoms with Crippen LogP contribution in [-0.2, 0) is 14.9 Å². The van der Waals surface area contributed by atoms with Gasteiger partial charge in [-0.2, -0.15) is 21.6 Å². The molecule has 0 aliphatic heterocycles. The third-order valence-corrected chi connectivity index (χ3v) is 4.82. The Bertz CT molecular complexity index is 378. The first-order chi connectivity index (χ1) is 7.97. The lowest BCUT2D eigenvalue weighted by Crippen LogP contribution is -2.22. The lowest BCUT2D eigenvalue weighted by atomic mass is 9.99. The smallest absolute Gasteiger partial charge is 0.299 e. The number of rotatable bonds is 1. The van der Waals surface area contributed by atoms with Crippen LogP contribution in [0.25, 0.3) is 0 Å². The van der Waals surface area contributed by atoms with E-state index in [2.05, 4.69) is 13.3 Å². The van der Waals surface area contributed by atoms with E-state index < -0.39 is 15.6 Å². The molecule has 0 radical (unpaired) electrons. The first kappa shape index (κ1) is 17.8. The van der Waals surface area contributed by atoms with Gasteiger partial charge in [0.25, 0.3) is 0 Å². The van der Waals surface area contributed by atoms with E-state index in [0.717, 1.165) is 19.3 Å². The van der Waals surface area contributed by atoms with Crippen molar-refractivity contribution in [3.05, 3.63) is 0 Å². The molecule has 0 spiro atoms. The number of hydrogen-bond acceptors (Lipinski definition) is 3. The lowest BCUT2D eigenvalue weighted by Gasteiger charge is -2.23. The fraction of sp³-hybridized carbons (Fsp3) is 0.889. The maximum Gasteiger partial charge on any atom is 0.522 e. The number of halogens is 3. The van der Waals surface area contributed by atoms with Crippen LogP contribution < -0.4 is 0 Å². The molecule has 1 unspecified atom stereocenters. The van der Waals surface area contributed by atoms with Crippen molar-refractivity contribution >= 4 is 23.8 Å². The van der Waals surface area contributed by atoms with Gasteiger partial charge in [-0.3, -0.25) is 9.35 Å². The van der Waals surface area contributed by atoms with Gasteiger partial charge in [-0.05, 0) is 26.2 Å². The molecule has 0 amide bonds. The molecule has 1 atom stereocenters. The zero-order valence-corrected chi connectivity index (χ0v) is 11.8. The van der Waals surface area contributed by atoms with E-state index >= 15 is 0 Å². The molecule has 1 rings (SSSR count). The molecule has 0 aromatic heterocycles. The summed E-state index contributed by atoms with van der Waals surface area (Å²) in [6, 6.07) is 0. The normalized spacial score (nSPS) is 21.5. The van der Waals surface area contributed by atoms with Crippen LogP contribution >= 0.6 is 7.92 Å². The summed E-state index contributed by atoms with van der Waals surface area (Å²) in [5, 5.41) is 0. The van der Waals surface area contributed by atoms with Crippen LogP contribution in [0.15, 0.2) is 0 Å². The van der Waals surface area contributed by atoms with E-state index in [1.165, 1.54) is 6.42 Å². The van der Waals surface area contributed by atoms with Crippen LogP contribution in [0.1, 0.15) is 25.7 Å². The van der Waals surface area contributed by atoms with E-state index in [9.17, 15) is 18.0 Å². The summed E-state index contributed by atoms with van der Waals surface area (Å²) in [6.45, 7) is 4.42. The van der Waals surface area contributed by atoms with Crippen LogP contribution in [0.3, 0.4) is 0 Å². The molecule has 9 heteroatoms. The number of carbonyl (C=O) groups excluding carboxylic acids is 1. The molecule has 0 aromatic rings. The predicted octanol–water partition coefficient (Wildman–Crippen LogP) is 2.63. The highest BCUT2D eigenvalue weighted by molar-refractivity contribution is 7.86. The van der Waals surface area contributed by atoms with E-state index in [1.807, 2.05) is 0 Å². The fourth-order valence-electron chi connectivity index (χ4n) is 1.51. The van der Waals surface area contributed by atoms with Gasteiger partial charge in [0.1, 0.15) is 5.78 Å². The minimum atomic E-state index is -5.84. The van der Waals surface area contributed by atoms with Crippen LogP contribution in [0, 0.1) is 0 Å². The molecule has 0 saturated heterocycles. The van der Waals surface area contributed by atoms with Crippen molar-refractivity contribution in [3.63, 3.8) is 0 Å². The SMILES string of the molecule is CP(C)C1CCCCC1=O.O=S(=O)(O)C(F)(F)F. The molecule has 1 saturated carbocycles. The molecule has 1 aliphatic carbocycles. The average molecular weight is 308 g/mol. The Balaban J connectivity index is 0.000000331. The van der Waals surface area contributed by atoms with Gasteiger partial charge in [0.2, 0.25) is 0 Å². The summed E-state index contributed by atoms with van der Waals surface area (Å²) in [7, 11) is -5.85. The van der Waals surface area contributed by atoms with Crippen molar-refractivity contribution in [2.45, 2.75) is 36.9 Å². The second kappa shape index (κ2) is 6.82. The Morgan fingerprint density at radius 3 is 1.94 bits per heavy atom. The summed E-state index contributed by atoms with van der Waals surface area (Å²) in [4.78, 5) is 11.3. The number of Topliss-reactive ketones (excluding diaryl/α,β-unsaturated/α-hetero) is 1. The Hall–Kier alpha value is -0.200. The second-order valence-corrected chi connectivity index (χ2v) is 8.08. The molecule has 108 valence electrons. The summed E-state index contributed by atoms with van der Waals surface area (Å²) >= 11 is 0. The first-order valence-electron chi connectivity index (χ1n) is 5.19. The summed E-state index contributed by atoms with van der Waals surface area (Å²) in [5.74, 6) is 0.530. The molecule has 1 N–H and O–H groups in total. The van der Waals surface area contributed by atoms with E-state index in [-0.39, 0.29) is 7.92 Å². The van der Waals surface area contributed by atoms with Gasteiger partial charge in [-0.25, -0.2) is 0 Å². The molecule has 4 nitrogen and oxygen atoms in total. The Labute approximate surface area is 105 Å². The minimum Gasteiger partial charge on any atom is -0.299 e. The monoisotopic (exact) mass is 308 g/mol. The van der Waals surface area contributed by atoms with Crippen molar-refractivity contribution in [1.82, 2.24) is 0 Å².